The molecule has 0 bridgehead atoms. The molecule has 1 N–H and O–H groups in total. The average molecular weight is 252 g/mol. The summed E-state index contributed by atoms with van der Waals surface area (Å²) in [5.74, 6) is 2.09. The summed E-state index contributed by atoms with van der Waals surface area (Å²) < 4.78 is 5.80. The topological polar surface area (TPSA) is 41.6 Å². The molecule has 18 heavy (non-hydrogen) atoms. The van der Waals surface area contributed by atoms with Gasteiger partial charge in [0, 0.05) is 26.2 Å². The minimum atomic E-state index is 0.0618. The molecular weight excluding hydrogens is 228 g/mol. The van der Waals surface area contributed by atoms with Gasteiger partial charge in [0.15, 0.2) is 0 Å². The van der Waals surface area contributed by atoms with Gasteiger partial charge in [0.25, 0.3) is 0 Å². The van der Waals surface area contributed by atoms with E-state index in [1.54, 1.807) is 0 Å². The van der Waals surface area contributed by atoms with Crippen molar-refractivity contribution < 1.29 is 9.53 Å². The molecule has 0 aliphatic carbocycles. The molecule has 3 rings (SSSR count). The third-order valence-electron chi connectivity index (χ3n) is 5.23. The van der Waals surface area contributed by atoms with Crippen LogP contribution in [0.5, 0.6) is 0 Å². The van der Waals surface area contributed by atoms with Crippen molar-refractivity contribution in [3.05, 3.63) is 0 Å². The van der Waals surface area contributed by atoms with Gasteiger partial charge in [0.2, 0.25) is 5.91 Å². The van der Waals surface area contributed by atoms with E-state index in [0.717, 1.165) is 26.2 Å². The first kappa shape index (κ1) is 12.4. The quantitative estimate of drug-likeness (QED) is 0.748. The second kappa shape index (κ2) is 4.49. The molecule has 6 atom stereocenters. The Labute approximate surface area is 109 Å². The van der Waals surface area contributed by atoms with Crippen molar-refractivity contribution in [1.82, 2.24) is 10.2 Å². The summed E-state index contributed by atoms with van der Waals surface area (Å²) >= 11 is 0. The monoisotopic (exact) mass is 252 g/mol. The molecule has 0 spiro atoms. The number of nitrogens with one attached hydrogen (secondary N) is 1. The van der Waals surface area contributed by atoms with Gasteiger partial charge in [-0.3, -0.25) is 4.79 Å². The first-order valence-electron chi connectivity index (χ1n) is 7.23. The number of likely N-dealkylation sites (tertiary alicyclic amines) is 1. The van der Waals surface area contributed by atoms with E-state index in [4.69, 9.17) is 4.74 Å². The number of rotatable bonds is 1. The van der Waals surface area contributed by atoms with Crippen LogP contribution in [0.4, 0.5) is 0 Å². The zero-order chi connectivity index (χ0) is 12.9. The Morgan fingerprint density at radius 1 is 1.11 bits per heavy atom. The Morgan fingerprint density at radius 2 is 1.72 bits per heavy atom. The molecule has 3 aliphatic heterocycles. The van der Waals surface area contributed by atoms with E-state index in [1.165, 1.54) is 0 Å². The predicted molar refractivity (Wildman–Crippen MR) is 69.1 cm³/mol. The lowest BCUT2D eigenvalue weighted by Gasteiger charge is -2.25. The van der Waals surface area contributed by atoms with Gasteiger partial charge in [-0.25, -0.2) is 0 Å². The molecule has 0 aromatic carbocycles. The summed E-state index contributed by atoms with van der Waals surface area (Å²) in [4.78, 5) is 14.8. The van der Waals surface area contributed by atoms with Crippen LogP contribution in [0.15, 0.2) is 0 Å². The van der Waals surface area contributed by atoms with E-state index in [2.05, 4.69) is 24.1 Å². The van der Waals surface area contributed by atoms with Gasteiger partial charge in [0.1, 0.15) is 0 Å². The number of fused-ring (bicyclic) bond motifs is 1. The smallest absolute Gasteiger partial charge is 0.228 e. The molecule has 6 unspecified atom stereocenters. The lowest BCUT2D eigenvalue weighted by Crippen LogP contribution is -2.41. The molecule has 0 saturated carbocycles. The summed E-state index contributed by atoms with van der Waals surface area (Å²) in [5.41, 5.74) is 0. The number of carbonyl (C=O) groups excluding carboxylic acids is 1. The average Bonchev–Trinajstić information content (AvgIpc) is 2.93. The summed E-state index contributed by atoms with van der Waals surface area (Å²) in [6.45, 7) is 10.3. The van der Waals surface area contributed by atoms with E-state index in [9.17, 15) is 4.79 Å². The van der Waals surface area contributed by atoms with Gasteiger partial charge in [0.05, 0.1) is 18.1 Å². The Hall–Kier alpha value is -0.610. The van der Waals surface area contributed by atoms with Gasteiger partial charge in [-0.1, -0.05) is 6.92 Å². The van der Waals surface area contributed by atoms with Crippen LogP contribution in [0.3, 0.4) is 0 Å². The molecule has 0 radical (unpaired) electrons. The van der Waals surface area contributed by atoms with Gasteiger partial charge in [-0.05, 0) is 31.6 Å². The van der Waals surface area contributed by atoms with Crippen molar-refractivity contribution >= 4 is 5.91 Å². The van der Waals surface area contributed by atoms with E-state index in [1.807, 2.05) is 6.92 Å². The van der Waals surface area contributed by atoms with Crippen LogP contribution in [0.25, 0.3) is 0 Å². The van der Waals surface area contributed by atoms with Crippen LogP contribution in [0.1, 0.15) is 20.8 Å². The molecule has 102 valence electrons. The number of carbonyl (C=O) groups is 1. The predicted octanol–water partition coefficient (Wildman–Crippen LogP) is 0.724. The maximum absolute atomic E-state index is 12.7. The normalized spacial score (nSPS) is 47.6. The Morgan fingerprint density at radius 3 is 2.22 bits per heavy atom. The largest absolute Gasteiger partial charge is 0.374 e. The number of amides is 1. The van der Waals surface area contributed by atoms with Crippen molar-refractivity contribution in [1.29, 1.82) is 0 Å². The van der Waals surface area contributed by atoms with E-state index in [-0.39, 0.29) is 18.1 Å². The van der Waals surface area contributed by atoms with E-state index in [0.29, 0.717) is 23.7 Å². The minimum absolute atomic E-state index is 0.0618. The maximum Gasteiger partial charge on any atom is 0.228 e. The van der Waals surface area contributed by atoms with Crippen LogP contribution >= 0.6 is 0 Å². The van der Waals surface area contributed by atoms with Crippen molar-refractivity contribution in [3.63, 3.8) is 0 Å². The first-order valence-corrected chi connectivity index (χ1v) is 7.23. The Bertz CT molecular complexity index is 335. The molecule has 0 aromatic rings. The maximum atomic E-state index is 12.7. The number of nitrogens with zero attached hydrogens (tertiary/aromatic N) is 1. The Balaban J connectivity index is 1.68. The highest BCUT2D eigenvalue weighted by molar-refractivity contribution is 5.80. The Kier molecular flexibility index (Phi) is 3.10. The molecule has 4 nitrogen and oxygen atoms in total. The highest BCUT2D eigenvalue weighted by Crippen LogP contribution is 2.36. The lowest BCUT2D eigenvalue weighted by atomic mass is 9.88. The second-order valence-corrected chi connectivity index (χ2v) is 6.35. The minimum Gasteiger partial charge on any atom is -0.374 e. The van der Waals surface area contributed by atoms with Crippen molar-refractivity contribution in [2.24, 2.45) is 23.7 Å². The van der Waals surface area contributed by atoms with Crippen LogP contribution in [-0.4, -0.2) is 49.2 Å². The number of hydrogen-bond donors (Lipinski definition) is 1. The fraction of sp³-hybridized carbons (Fsp3) is 0.929. The zero-order valence-corrected chi connectivity index (χ0v) is 11.6. The second-order valence-electron chi connectivity index (χ2n) is 6.35. The molecule has 3 aliphatic rings. The summed E-state index contributed by atoms with van der Waals surface area (Å²) in [6, 6.07) is 0. The van der Waals surface area contributed by atoms with Crippen molar-refractivity contribution in [2.45, 2.75) is 33.0 Å². The van der Waals surface area contributed by atoms with Crippen LogP contribution < -0.4 is 5.32 Å². The third-order valence-corrected chi connectivity index (χ3v) is 5.23. The van der Waals surface area contributed by atoms with E-state index < -0.39 is 0 Å². The number of hydrogen-bond acceptors (Lipinski definition) is 3. The first-order chi connectivity index (χ1) is 8.58. The summed E-state index contributed by atoms with van der Waals surface area (Å²) in [7, 11) is 0. The van der Waals surface area contributed by atoms with E-state index >= 15 is 0 Å². The SMILES string of the molecule is CC1OC(C)C(C(=O)N2CC3CNCC3C2)C1C. The highest BCUT2D eigenvalue weighted by Gasteiger charge is 2.46. The number of ether oxygens (including phenoxy) is 1. The zero-order valence-electron chi connectivity index (χ0n) is 11.6. The molecule has 4 heteroatoms. The highest BCUT2D eigenvalue weighted by atomic mass is 16.5. The van der Waals surface area contributed by atoms with Gasteiger partial charge >= 0.3 is 0 Å². The summed E-state index contributed by atoms with van der Waals surface area (Å²) in [6.07, 6.45) is 0.277. The van der Waals surface area contributed by atoms with Gasteiger partial charge in [-0.15, -0.1) is 0 Å². The van der Waals surface area contributed by atoms with Gasteiger partial charge in [-0.2, -0.15) is 0 Å². The van der Waals surface area contributed by atoms with Crippen LogP contribution in [0.2, 0.25) is 0 Å². The fourth-order valence-corrected chi connectivity index (χ4v) is 3.94. The standard InChI is InChI=1S/C14H24N2O2/c1-8-9(2)18-10(3)13(8)14(17)16-6-11-4-15-5-12(11)7-16/h8-13,15H,4-7H2,1-3H3. The molecular formula is C14H24N2O2. The molecule has 1 amide bonds. The lowest BCUT2D eigenvalue weighted by molar-refractivity contribution is -0.137. The molecule has 0 aromatic heterocycles. The summed E-state index contributed by atoms with van der Waals surface area (Å²) in [5, 5.41) is 3.42. The molecule has 3 saturated heterocycles. The van der Waals surface area contributed by atoms with Crippen molar-refractivity contribution in [3.8, 4) is 0 Å². The van der Waals surface area contributed by atoms with Crippen molar-refractivity contribution in [2.75, 3.05) is 26.2 Å². The van der Waals surface area contributed by atoms with Gasteiger partial charge < -0.3 is 15.0 Å². The third kappa shape index (κ3) is 1.86. The molecule has 3 fully saturated rings. The van der Waals surface area contributed by atoms with Crippen LogP contribution in [-0.2, 0) is 9.53 Å². The van der Waals surface area contributed by atoms with Crippen LogP contribution in [0, 0.1) is 23.7 Å². The fourth-order valence-electron chi connectivity index (χ4n) is 3.94. The molecule has 3 heterocycles.